The Balaban J connectivity index is 0.00000280. The van der Waals surface area contributed by atoms with Gasteiger partial charge in [-0.1, -0.05) is 31.4 Å². The number of benzene rings is 1. The lowest BCUT2D eigenvalue weighted by Gasteiger charge is -2.38. The SMILES string of the molecule is CC(NC(=O)CC1CCCCC1)C(=O)N1CCNCC1c1cccc(F)c1.Cl. The fourth-order valence-electron chi connectivity index (χ4n) is 4.24. The fourth-order valence-corrected chi connectivity index (χ4v) is 4.24. The van der Waals surface area contributed by atoms with Gasteiger partial charge in [-0.25, -0.2) is 4.39 Å². The van der Waals surface area contributed by atoms with Crippen molar-refractivity contribution in [3.8, 4) is 0 Å². The molecular formula is C21H31ClFN3O2. The number of halogens is 2. The maximum absolute atomic E-state index is 13.6. The summed E-state index contributed by atoms with van der Waals surface area (Å²) < 4.78 is 13.6. The molecule has 2 atom stereocenters. The fraction of sp³-hybridized carbons (Fsp3) is 0.619. The summed E-state index contributed by atoms with van der Waals surface area (Å²) in [5, 5.41) is 6.15. The van der Waals surface area contributed by atoms with Crippen LogP contribution in [0.1, 0.15) is 57.1 Å². The van der Waals surface area contributed by atoms with Gasteiger partial charge in [0.2, 0.25) is 11.8 Å². The second kappa shape index (κ2) is 10.8. The van der Waals surface area contributed by atoms with Crippen molar-refractivity contribution in [2.75, 3.05) is 19.6 Å². The van der Waals surface area contributed by atoms with Gasteiger partial charge in [-0.3, -0.25) is 9.59 Å². The van der Waals surface area contributed by atoms with Gasteiger partial charge in [-0.05, 0) is 43.4 Å². The van der Waals surface area contributed by atoms with Gasteiger partial charge >= 0.3 is 0 Å². The van der Waals surface area contributed by atoms with Gasteiger partial charge in [0.15, 0.2) is 0 Å². The third-order valence-corrected chi connectivity index (χ3v) is 5.71. The molecule has 28 heavy (non-hydrogen) atoms. The van der Waals surface area contributed by atoms with E-state index >= 15 is 0 Å². The van der Waals surface area contributed by atoms with E-state index in [9.17, 15) is 14.0 Å². The van der Waals surface area contributed by atoms with E-state index in [1.165, 1.54) is 31.4 Å². The molecule has 1 aliphatic heterocycles. The lowest BCUT2D eigenvalue weighted by Crippen LogP contribution is -2.54. The largest absolute Gasteiger partial charge is 0.345 e. The molecule has 3 rings (SSSR count). The van der Waals surface area contributed by atoms with Gasteiger partial charge in [0.1, 0.15) is 11.9 Å². The number of hydrogen-bond donors (Lipinski definition) is 2. The normalized spacial score (nSPS) is 21.5. The van der Waals surface area contributed by atoms with Crippen molar-refractivity contribution in [3.05, 3.63) is 35.6 Å². The van der Waals surface area contributed by atoms with Crippen molar-refractivity contribution in [1.82, 2.24) is 15.5 Å². The van der Waals surface area contributed by atoms with Crippen LogP contribution in [0.3, 0.4) is 0 Å². The highest BCUT2D eigenvalue weighted by Crippen LogP contribution is 2.26. The maximum atomic E-state index is 13.6. The van der Waals surface area contributed by atoms with Crippen LogP contribution in [0.4, 0.5) is 4.39 Å². The predicted octanol–water partition coefficient (Wildman–Crippen LogP) is 3.20. The van der Waals surface area contributed by atoms with Crippen LogP contribution in [0.2, 0.25) is 0 Å². The van der Waals surface area contributed by atoms with Crippen LogP contribution in [0.15, 0.2) is 24.3 Å². The Morgan fingerprint density at radius 2 is 2.04 bits per heavy atom. The van der Waals surface area contributed by atoms with Crippen LogP contribution < -0.4 is 10.6 Å². The molecule has 7 heteroatoms. The molecule has 2 aliphatic rings. The zero-order valence-corrected chi connectivity index (χ0v) is 17.3. The Morgan fingerprint density at radius 1 is 1.29 bits per heavy atom. The Kier molecular flexibility index (Phi) is 8.70. The number of carbonyl (C=O) groups is 2. The summed E-state index contributed by atoms with van der Waals surface area (Å²) >= 11 is 0. The molecule has 2 fully saturated rings. The molecule has 2 amide bonds. The zero-order chi connectivity index (χ0) is 19.2. The smallest absolute Gasteiger partial charge is 0.245 e. The minimum Gasteiger partial charge on any atom is -0.345 e. The number of piperazine rings is 1. The summed E-state index contributed by atoms with van der Waals surface area (Å²) in [5.74, 6) is -0.0115. The minimum atomic E-state index is -0.574. The van der Waals surface area contributed by atoms with E-state index in [1.54, 1.807) is 17.9 Å². The number of nitrogens with one attached hydrogen (secondary N) is 2. The molecular weight excluding hydrogens is 381 g/mol. The van der Waals surface area contributed by atoms with Gasteiger partial charge < -0.3 is 15.5 Å². The quantitative estimate of drug-likeness (QED) is 0.782. The molecule has 156 valence electrons. The standard InChI is InChI=1S/C21H30FN3O2.ClH/c1-15(24-20(26)12-16-6-3-2-4-7-16)21(27)25-11-10-23-14-19(25)17-8-5-9-18(22)13-17;/h5,8-9,13,15-16,19,23H,2-4,6-7,10-12,14H2,1H3,(H,24,26);1H. The van der Waals surface area contributed by atoms with E-state index in [4.69, 9.17) is 0 Å². The Bertz CT molecular complexity index is 667. The van der Waals surface area contributed by atoms with Crippen LogP contribution in [0.5, 0.6) is 0 Å². The van der Waals surface area contributed by atoms with Gasteiger partial charge in [-0.2, -0.15) is 0 Å². The first-order chi connectivity index (χ1) is 13.0. The number of hydrogen-bond acceptors (Lipinski definition) is 3. The molecule has 1 aromatic rings. The average Bonchev–Trinajstić information content (AvgIpc) is 2.68. The van der Waals surface area contributed by atoms with E-state index in [0.717, 1.165) is 18.4 Å². The average molecular weight is 412 g/mol. The molecule has 5 nitrogen and oxygen atoms in total. The number of amides is 2. The van der Waals surface area contributed by atoms with E-state index in [0.29, 0.717) is 32.0 Å². The first-order valence-electron chi connectivity index (χ1n) is 10.1. The summed E-state index contributed by atoms with van der Waals surface area (Å²) in [7, 11) is 0. The highest BCUT2D eigenvalue weighted by molar-refractivity contribution is 5.87. The molecule has 1 aliphatic carbocycles. The third-order valence-electron chi connectivity index (χ3n) is 5.71. The molecule has 0 aromatic heterocycles. The van der Waals surface area contributed by atoms with Crippen LogP contribution >= 0.6 is 12.4 Å². The van der Waals surface area contributed by atoms with Crippen LogP contribution in [0.25, 0.3) is 0 Å². The van der Waals surface area contributed by atoms with Crippen molar-refractivity contribution < 1.29 is 14.0 Å². The van der Waals surface area contributed by atoms with Crippen LogP contribution in [-0.4, -0.2) is 42.4 Å². The summed E-state index contributed by atoms with van der Waals surface area (Å²) in [6.45, 7) is 3.56. The van der Waals surface area contributed by atoms with Gasteiger partial charge in [-0.15, -0.1) is 12.4 Å². The van der Waals surface area contributed by atoms with E-state index in [1.807, 2.05) is 6.07 Å². The van der Waals surface area contributed by atoms with Crippen LogP contribution in [0, 0.1) is 11.7 Å². The molecule has 0 radical (unpaired) electrons. The molecule has 1 saturated carbocycles. The van der Waals surface area contributed by atoms with Crippen molar-refractivity contribution in [3.63, 3.8) is 0 Å². The molecule has 1 aromatic carbocycles. The molecule has 2 unspecified atom stereocenters. The molecule has 1 heterocycles. The summed E-state index contributed by atoms with van der Waals surface area (Å²) in [6, 6.07) is 5.59. The Hall–Kier alpha value is -1.66. The van der Waals surface area contributed by atoms with Gasteiger partial charge in [0.05, 0.1) is 6.04 Å². The van der Waals surface area contributed by atoms with Gasteiger partial charge in [0.25, 0.3) is 0 Å². The van der Waals surface area contributed by atoms with E-state index in [2.05, 4.69) is 10.6 Å². The summed E-state index contributed by atoms with van der Waals surface area (Å²) in [6.07, 6.45) is 6.37. The molecule has 1 saturated heterocycles. The number of nitrogens with zero attached hydrogens (tertiary/aromatic N) is 1. The van der Waals surface area contributed by atoms with Gasteiger partial charge in [0, 0.05) is 26.1 Å². The van der Waals surface area contributed by atoms with Crippen molar-refractivity contribution in [1.29, 1.82) is 0 Å². The first kappa shape index (κ1) is 22.6. The summed E-state index contributed by atoms with van der Waals surface area (Å²) in [5.41, 5.74) is 0.774. The topological polar surface area (TPSA) is 61.4 Å². The molecule has 0 spiro atoms. The first-order valence-corrected chi connectivity index (χ1v) is 10.1. The Morgan fingerprint density at radius 3 is 2.75 bits per heavy atom. The van der Waals surface area contributed by atoms with Crippen molar-refractivity contribution in [2.45, 2.75) is 57.5 Å². The number of carbonyl (C=O) groups excluding carboxylic acids is 2. The Labute approximate surface area is 172 Å². The monoisotopic (exact) mass is 411 g/mol. The maximum Gasteiger partial charge on any atom is 0.245 e. The highest BCUT2D eigenvalue weighted by Gasteiger charge is 2.31. The van der Waals surface area contributed by atoms with E-state index in [-0.39, 0.29) is 36.1 Å². The zero-order valence-electron chi connectivity index (χ0n) is 16.5. The van der Waals surface area contributed by atoms with E-state index < -0.39 is 6.04 Å². The minimum absolute atomic E-state index is 0. The van der Waals surface area contributed by atoms with Crippen molar-refractivity contribution in [2.24, 2.45) is 5.92 Å². The predicted molar refractivity (Wildman–Crippen MR) is 110 cm³/mol. The highest BCUT2D eigenvalue weighted by atomic mass is 35.5. The third kappa shape index (κ3) is 5.92. The summed E-state index contributed by atoms with van der Waals surface area (Å²) in [4.78, 5) is 27.1. The molecule has 2 N–H and O–H groups in total. The second-order valence-electron chi connectivity index (χ2n) is 7.80. The van der Waals surface area contributed by atoms with Crippen molar-refractivity contribution >= 4 is 24.2 Å². The lowest BCUT2D eigenvalue weighted by atomic mass is 9.87. The lowest BCUT2D eigenvalue weighted by molar-refractivity contribution is -0.139. The number of rotatable bonds is 5. The second-order valence-corrected chi connectivity index (χ2v) is 7.80. The van der Waals surface area contributed by atoms with Crippen LogP contribution in [-0.2, 0) is 9.59 Å². The molecule has 0 bridgehead atoms.